The smallest absolute Gasteiger partial charge is 0.0302 e. The van der Waals surface area contributed by atoms with Crippen molar-refractivity contribution in [1.29, 1.82) is 0 Å². The van der Waals surface area contributed by atoms with Crippen molar-refractivity contribution >= 4 is 11.3 Å². The Morgan fingerprint density at radius 1 is 1.64 bits per heavy atom. The van der Waals surface area contributed by atoms with Crippen molar-refractivity contribution in [3.63, 3.8) is 0 Å². The van der Waals surface area contributed by atoms with E-state index in [9.17, 15) is 0 Å². The molecule has 0 radical (unpaired) electrons. The minimum atomic E-state index is 0.506. The maximum Gasteiger partial charge on any atom is 0.0302 e. The van der Waals surface area contributed by atoms with Crippen LogP contribution in [0.25, 0.3) is 0 Å². The van der Waals surface area contributed by atoms with Gasteiger partial charge in [-0.3, -0.25) is 0 Å². The maximum absolute atomic E-state index is 3.40. The van der Waals surface area contributed by atoms with Crippen molar-refractivity contribution in [2.24, 2.45) is 0 Å². The predicted molar refractivity (Wildman–Crippen MR) is 51.1 cm³/mol. The fraction of sp³-hybridized carbons (Fsp3) is 0.556. The van der Waals surface area contributed by atoms with Gasteiger partial charge in [0.25, 0.3) is 0 Å². The maximum atomic E-state index is 3.40. The van der Waals surface area contributed by atoms with Gasteiger partial charge in [0.05, 0.1) is 0 Å². The van der Waals surface area contributed by atoms with Crippen LogP contribution in [0.3, 0.4) is 0 Å². The Hall–Kier alpha value is -0.340. The molecule has 0 fully saturated rings. The van der Waals surface area contributed by atoms with Crippen molar-refractivity contribution in [3.05, 3.63) is 21.9 Å². The van der Waals surface area contributed by atoms with Gasteiger partial charge in [-0.15, -0.1) is 11.3 Å². The van der Waals surface area contributed by atoms with Crippen LogP contribution in [0, 0.1) is 6.92 Å². The highest BCUT2D eigenvalue weighted by atomic mass is 32.1. The number of rotatable bonds is 3. The Morgan fingerprint density at radius 2 is 2.36 bits per heavy atom. The lowest BCUT2D eigenvalue weighted by Gasteiger charge is -2.11. The summed E-state index contributed by atoms with van der Waals surface area (Å²) in [7, 11) is 0. The first-order valence-corrected chi connectivity index (χ1v) is 4.91. The van der Waals surface area contributed by atoms with Gasteiger partial charge in [-0.05, 0) is 37.4 Å². The van der Waals surface area contributed by atoms with Gasteiger partial charge in [0, 0.05) is 10.9 Å². The molecule has 0 aliphatic heterocycles. The van der Waals surface area contributed by atoms with Gasteiger partial charge < -0.3 is 5.32 Å². The number of aryl methyl sites for hydroxylation is 1. The van der Waals surface area contributed by atoms with E-state index in [1.54, 1.807) is 0 Å². The Bertz CT molecular complexity index is 217. The van der Waals surface area contributed by atoms with Crippen LogP contribution in [-0.4, -0.2) is 6.54 Å². The molecule has 1 heterocycles. The molecule has 0 spiro atoms. The monoisotopic (exact) mass is 169 g/mol. The Kier molecular flexibility index (Phi) is 3.09. The van der Waals surface area contributed by atoms with E-state index in [1.807, 2.05) is 11.3 Å². The summed E-state index contributed by atoms with van der Waals surface area (Å²) >= 11 is 1.82. The summed E-state index contributed by atoms with van der Waals surface area (Å²) in [5, 5.41) is 5.55. The molecule has 0 bridgehead atoms. The predicted octanol–water partition coefficient (Wildman–Crippen LogP) is 2.73. The van der Waals surface area contributed by atoms with Crippen LogP contribution in [0.1, 0.15) is 30.3 Å². The second kappa shape index (κ2) is 3.88. The second-order valence-electron chi connectivity index (χ2n) is 2.71. The molecule has 1 atom stereocenters. The van der Waals surface area contributed by atoms with Crippen molar-refractivity contribution < 1.29 is 0 Å². The molecule has 0 saturated carbocycles. The zero-order valence-corrected chi connectivity index (χ0v) is 8.16. The molecule has 1 unspecified atom stereocenters. The SMILES string of the molecule is CCNC(C)c1ccsc1C. The summed E-state index contributed by atoms with van der Waals surface area (Å²) in [5.41, 5.74) is 1.44. The average molecular weight is 169 g/mol. The van der Waals surface area contributed by atoms with Gasteiger partial charge >= 0.3 is 0 Å². The van der Waals surface area contributed by atoms with Crippen LogP contribution >= 0.6 is 11.3 Å². The molecule has 1 aromatic rings. The molecule has 0 saturated heterocycles. The minimum Gasteiger partial charge on any atom is -0.310 e. The Balaban J connectivity index is 2.67. The molecular formula is C9H15NS. The number of nitrogens with one attached hydrogen (secondary N) is 1. The van der Waals surface area contributed by atoms with Crippen LogP contribution < -0.4 is 5.32 Å². The van der Waals surface area contributed by atoms with E-state index >= 15 is 0 Å². The summed E-state index contributed by atoms with van der Waals surface area (Å²) in [6.07, 6.45) is 0. The largest absolute Gasteiger partial charge is 0.310 e. The lowest BCUT2D eigenvalue weighted by atomic mass is 10.1. The Labute approximate surface area is 72.4 Å². The summed E-state index contributed by atoms with van der Waals surface area (Å²) in [6.45, 7) is 7.56. The zero-order valence-electron chi connectivity index (χ0n) is 7.35. The van der Waals surface area contributed by atoms with E-state index in [4.69, 9.17) is 0 Å². The fourth-order valence-corrected chi connectivity index (χ4v) is 2.06. The third kappa shape index (κ3) is 2.04. The van der Waals surface area contributed by atoms with Gasteiger partial charge in [0.15, 0.2) is 0 Å². The van der Waals surface area contributed by atoms with Crippen LogP contribution in [0.5, 0.6) is 0 Å². The van der Waals surface area contributed by atoms with E-state index < -0.39 is 0 Å². The molecule has 0 aromatic carbocycles. The van der Waals surface area contributed by atoms with E-state index in [-0.39, 0.29) is 0 Å². The standard InChI is InChI=1S/C9H15NS/c1-4-10-7(2)9-5-6-11-8(9)3/h5-7,10H,4H2,1-3H3. The van der Waals surface area contributed by atoms with Crippen LogP contribution in [0.15, 0.2) is 11.4 Å². The molecule has 2 heteroatoms. The van der Waals surface area contributed by atoms with Crippen molar-refractivity contribution in [3.8, 4) is 0 Å². The molecule has 1 N–H and O–H groups in total. The van der Waals surface area contributed by atoms with E-state index in [0.717, 1.165) is 6.54 Å². The van der Waals surface area contributed by atoms with Crippen LogP contribution in [-0.2, 0) is 0 Å². The first-order chi connectivity index (χ1) is 5.25. The molecular weight excluding hydrogens is 154 g/mol. The highest BCUT2D eigenvalue weighted by molar-refractivity contribution is 7.10. The zero-order chi connectivity index (χ0) is 8.27. The molecule has 0 aliphatic rings. The highest BCUT2D eigenvalue weighted by Gasteiger charge is 2.06. The molecule has 1 rings (SSSR count). The van der Waals surface area contributed by atoms with E-state index in [0.29, 0.717) is 6.04 Å². The molecule has 1 aromatic heterocycles. The van der Waals surface area contributed by atoms with Gasteiger partial charge in [0.2, 0.25) is 0 Å². The molecule has 0 aliphatic carbocycles. The minimum absolute atomic E-state index is 0.506. The second-order valence-corrected chi connectivity index (χ2v) is 3.83. The lowest BCUT2D eigenvalue weighted by Crippen LogP contribution is -2.17. The van der Waals surface area contributed by atoms with Gasteiger partial charge in [-0.1, -0.05) is 6.92 Å². The lowest BCUT2D eigenvalue weighted by molar-refractivity contribution is 0.597. The topological polar surface area (TPSA) is 12.0 Å². The normalized spacial score (nSPS) is 13.4. The molecule has 62 valence electrons. The summed E-state index contributed by atoms with van der Waals surface area (Å²) < 4.78 is 0. The van der Waals surface area contributed by atoms with Gasteiger partial charge in [0.1, 0.15) is 0 Å². The fourth-order valence-electron chi connectivity index (χ4n) is 1.26. The van der Waals surface area contributed by atoms with Crippen molar-refractivity contribution in [1.82, 2.24) is 5.32 Å². The summed E-state index contributed by atoms with van der Waals surface area (Å²) in [4.78, 5) is 1.43. The highest BCUT2D eigenvalue weighted by Crippen LogP contribution is 2.21. The van der Waals surface area contributed by atoms with Gasteiger partial charge in [-0.2, -0.15) is 0 Å². The first-order valence-electron chi connectivity index (χ1n) is 4.03. The van der Waals surface area contributed by atoms with E-state index in [2.05, 4.69) is 37.5 Å². The van der Waals surface area contributed by atoms with Gasteiger partial charge in [-0.25, -0.2) is 0 Å². The first kappa shape index (κ1) is 8.75. The van der Waals surface area contributed by atoms with Crippen molar-refractivity contribution in [2.75, 3.05) is 6.54 Å². The van der Waals surface area contributed by atoms with Crippen LogP contribution in [0.2, 0.25) is 0 Å². The molecule has 1 nitrogen and oxygen atoms in total. The Morgan fingerprint density at radius 3 is 2.82 bits per heavy atom. The number of hydrogen-bond acceptors (Lipinski definition) is 2. The average Bonchev–Trinajstić information content (AvgIpc) is 2.36. The number of thiophene rings is 1. The summed E-state index contributed by atoms with van der Waals surface area (Å²) in [6, 6.07) is 2.71. The molecule has 11 heavy (non-hydrogen) atoms. The summed E-state index contributed by atoms with van der Waals surface area (Å²) in [5.74, 6) is 0. The molecule has 0 amide bonds. The third-order valence-electron chi connectivity index (χ3n) is 1.88. The van der Waals surface area contributed by atoms with E-state index in [1.165, 1.54) is 10.4 Å². The number of hydrogen-bond donors (Lipinski definition) is 1. The quantitative estimate of drug-likeness (QED) is 0.733. The van der Waals surface area contributed by atoms with Crippen LogP contribution in [0.4, 0.5) is 0 Å². The van der Waals surface area contributed by atoms with Crippen molar-refractivity contribution in [2.45, 2.75) is 26.8 Å². The third-order valence-corrected chi connectivity index (χ3v) is 2.74.